The highest BCUT2D eigenvalue weighted by atomic mass is 35.5. The van der Waals surface area contributed by atoms with E-state index >= 15 is 0 Å². The normalized spacial score (nSPS) is 12.5. The third-order valence-corrected chi connectivity index (χ3v) is 4.44. The Labute approximate surface area is 164 Å². The van der Waals surface area contributed by atoms with E-state index in [1.807, 2.05) is 0 Å². The summed E-state index contributed by atoms with van der Waals surface area (Å²) in [4.78, 5) is 16.1. The summed E-state index contributed by atoms with van der Waals surface area (Å²) in [5.41, 5.74) is 1.01. The third kappa shape index (κ3) is 6.92. The average Bonchev–Trinajstić information content (AvgIpc) is 2.61. The highest BCUT2D eigenvalue weighted by Gasteiger charge is 2.26. The highest BCUT2D eigenvalue weighted by molar-refractivity contribution is 6.42. The van der Waals surface area contributed by atoms with Gasteiger partial charge in [-0.15, -0.1) is 0 Å². The molecule has 0 aliphatic rings. The molecule has 27 heavy (non-hydrogen) atoms. The quantitative estimate of drug-likeness (QED) is 0.674. The zero-order valence-electron chi connectivity index (χ0n) is 14.3. The van der Waals surface area contributed by atoms with Crippen molar-refractivity contribution in [3.8, 4) is 5.75 Å². The summed E-state index contributed by atoms with van der Waals surface area (Å²) < 4.78 is 42.1. The summed E-state index contributed by atoms with van der Waals surface area (Å²) in [7, 11) is 0. The van der Waals surface area contributed by atoms with Crippen molar-refractivity contribution in [2.75, 3.05) is 6.61 Å². The first-order valence-electron chi connectivity index (χ1n) is 8.03. The number of carbonyl (C=O) groups excluding carboxylic acids is 1. The number of aromatic nitrogens is 1. The average molecular weight is 421 g/mol. The summed E-state index contributed by atoms with van der Waals surface area (Å²) >= 11 is 11.8. The van der Waals surface area contributed by atoms with Gasteiger partial charge in [0.2, 0.25) is 0 Å². The van der Waals surface area contributed by atoms with Gasteiger partial charge in [-0.3, -0.25) is 9.78 Å². The molecular formula is C18H17Cl2F3N2O2. The number of pyridine rings is 1. The Hall–Kier alpha value is -1.99. The molecular weight excluding hydrogens is 404 g/mol. The molecule has 0 spiro atoms. The van der Waals surface area contributed by atoms with Crippen LogP contribution < -0.4 is 10.1 Å². The second kappa shape index (κ2) is 9.28. The van der Waals surface area contributed by atoms with Crippen molar-refractivity contribution in [3.05, 3.63) is 57.8 Å². The van der Waals surface area contributed by atoms with Crippen LogP contribution >= 0.6 is 23.2 Å². The second-order valence-electron chi connectivity index (χ2n) is 5.84. The predicted octanol–water partition coefficient (Wildman–Crippen LogP) is 5.14. The lowest BCUT2D eigenvalue weighted by Crippen LogP contribution is -2.31. The summed E-state index contributed by atoms with van der Waals surface area (Å²) in [5, 5.41) is 3.23. The number of hydrogen-bond donors (Lipinski definition) is 1. The minimum absolute atomic E-state index is 0.133. The smallest absolute Gasteiger partial charge is 0.389 e. The van der Waals surface area contributed by atoms with E-state index in [1.165, 1.54) is 6.20 Å². The summed E-state index contributed by atoms with van der Waals surface area (Å²) in [6.45, 7) is 1.44. The number of rotatable bonds is 7. The van der Waals surface area contributed by atoms with Gasteiger partial charge in [-0.05, 0) is 37.1 Å². The lowest BCUT2D eigenvalue weighted by Gasteiger charge is -2.15. The third-order valence-electron chi connectivity index (χ3n) is 3.64. The van der Waals surface area contributed by atoms with Crippen LogP contribution in [-0.2, 0) is 11.2 Å². The number of carbonyl (C=O) groups is 1. The van der Waals surface area contributed by atoms with Gasteiger partial charge in [0.05, 0.1) is 16.8 Å². The van der Waals surface area contributed by atoms with E-state index in [-0.39, 0.29) is 18.1 Å². The van der Waals surface area contributed by atoms with E-state index < -0.39 is 24.5 Å². The Morgan fingerprint density at radius 1 is 1.26 bits per heavy atom. The summed E-state index contributed by atoms with van der Waals surface area (Å²) in [5.74, 6) is -0.111. The minimum Gasteiger partial charge on any atom is -0.482 e. The Bertz CT molecular complexity index is 783. The minimum atomic E-state index is -4.20. The molecule has 2 aromatic rings. The summed E-state index contributed by atoms with van der Waals surface area (Å²) in [6.07, 6.45) is -3.85. The number of amides is 1. The lowest BCUT2D eigenvalue weighted by atomic mass is 10.1. The van der Waals surface area contributed by atoms with E-state index in [4.69, 9.17) is 27.9 Å². The maximum atomic E-state index is 12.2. The molecule has 0 radical (unpaired) electrons. The number of halogens is 5. The van der Waals surface area contributed by atoms with E-state index in [9.17, 15) is 18.0 Å². The summed E-state index contributed by atoms with van der Waals surface area (Å²) in [6, 6.07) is 7.56. The molecule has 0 saturated heterocycles. The van der Waals surface area contributed by atoms with Gasteiger partial charge in [0.1, 0.15) is 10.8 Å². The van der Waals surface area contributed by atoms with Gasteiger partial charge in [-0.25, -0.2) is 0 Å². The molecule has 1 aromatic heterocycles. The molecule has 0 aliphatic heterocycles. The van der Waals surface area contributed by atoms with E-state index in [0.717, 1.165) is 0 Å². The first-order chi connectivity index (χ1) is 12.7. The van der Waals surface area contributed by atoms with Crippen LogP contribution in [0.25, 0.3) is 0 Å². The molecule has 0 saturated carbocycles. The molecule has 0 aliphatic carbocycles. The van der Waals surface area contributed by atoms with Crippen LogP contribution in [0.2, 0.25) is 10.0 Å². The monoisotopic (exact) mass is 420 g/mol. The molecule has 1 unspecified atom stereocenters. The molecule has 1 amide bonds. The van der Waals surface area contributed by atoms with Crippen molar-refractivity contribution >= 4 is 29.1 Å². The number of alkyl halides is 3. The number of ether oxygens (including phenoxy) is 1. The maximum absolute atomic E-state index is 12.2. The first-order valence-corrected chi connectivity index (χ1v) is 8.79. The number of hydrogen-bond acceptors (Lipinski definition) is 3. The topological polar surface area (TPSA) is 51.2 Å². The number of aryl methyl sites for hydroxylation is 1. The number of benzene rings is 1. The molecule has 1 aromatic carbocycles. The standard InChI is InChI=1S/C18H17Cl2F3N2O2/c1-11(14-6-5-12(9-24-14)7-8-18(21,22)23)25-16(26)10-27-15-4-2-3-13(19)17(15)20/h2-6,9,11H,7-8,10H2,1H3,(H,25,26). The predicted molar refractivity (Wildman–Crippen MR) is 97.1 cm³/mol. The fourth-order valence-electron chi connectivity index (χ4n) is 2.22. The molecule has 9 heteroatoms. The van der Waals surface area contributed by atoms with Crippen molar-refractivity contribution in [1.82, 2.24) is 10.3 Å². The Kier molecular flexibility index (Phi) is 7.33. The van der Waals surface area contributed by atoms with E-state index in [1.54, 1.807) is 37.3 Å². The van der Waals surface area contributed by atoms with Crippen LogP contribution in [0, 0.1) is 0 Å². The van der Waals surface area contributed by atoms with Gasteiger partial charge in [0.25, 0.3) is 5.91 Å². The van der Waals surface area contributed by atoms with Gasteiger partial charge in [0.15, 0.2) is 6.61 Å². The molecule has 4 nitrogen and oxygen atoms in total. The van der Waals surface area contributed by atoms with Crippen LogP contribution in [0.4, 0.5) is 13.2 Å². The Balaban J connectivity index is 1.86. The van der Waals surface area contributed by atoms with Crippen LogP contribution in [0.3, 0.4) is 0 Å². The molecule has 0 bridgehead atoms. The zero-order chi connectivity index (χ0) is 20.0. The largest absolute Gasteiger partial charge is 0.482 e. The fraction of sp³-hybridized carbons (Fsp3) is 0.333. The molecule has 146 valence electrons. The Morgan fingerprint density at radius 3 is 2.63 bits per heavy atom. The fourth-order valence-corrected chi connectivity index (χ4v) is 2.57. The van der Waals surface area contributed by atoms with E-state index in [2.05, 4.69) is 10.3 Å². The van der Waals surface area contributed by atoms with E-state index in [0.29, 0.717) is 22.0 Å². The van der Waals surface area contributed by atoms with Gasteiger partial charge in [-0.2, -0.15) is 13.2 Å². The second-order valence-corrected chi connectivity index (χ2v) is 6.62. The Morgan fingerprint density at radius 2 is 2.00 bits per heavy atom. The van der Waals surface area contributed by atoms with Gasteiger partial charge in [-0.1, -0.05) is 35.3 Å². The van der Waals surface area contributed by atoms with Gasteiger partial charge < -0.3 is 10.1 Å². The zero-order valence-corrected chi connectivity index (χ0v) is 15.8. The van der Waals surface area contributed by atoms with Crippen molar-refractivity contribution in [3.63, 3.8) is 0 Å². The molecule has 1 N–H and O–H groups in total. The van der Waals surface area contributed by atoms with Crippen LogP contribution in [0.1, 0.15) is 30.6 Å². The van der Waals surface area contributed by atoms with Gasteiger partial charge in [0, 0.05) is 12.6 Å². The van der Waals surface area contributed by atoms with Crippen LogP contribution in [0.15, 0.2) is 36.5 Å². The number of nitrogens with zero attached hydrogens (tertiary/aromatic N) is 1. The first kappa shape index (κ1) is 21.3. The molecule has 1 atom stereocenters. The van der Waals surface area contributed by atoms with Gasteiger partial charge >= 0.3 is 6.18 Å². The van der Waals surface area contributed by atoms with Crippen molar-refractivity contribution < 1.29 is 22.7 Å². The van der Waals surface area contributed by atoms with Crippen LogP contribution in [0.5, 0.6) is 5.75 Å². The van der Waals surface area contributed by atoms with Crippen molar-refractivity contribution in [2.45, 2.75) is 32.0 Å². The lowest BCUT2D eigenvalue weighted by molar-refractivity contribution is -0.134. The maximum Gasteiger partial charge on any atom is 0.389 e. The number of nitrogens with one attached hydrogen (secondary N) is 1. The van der Waals surface area contributed by atoms with Crippen LogP contribution in [-0.4, -0.2) is 23.7 Å². The molecule has 0 fully saturated rings. The molecule has 2 rings (SSSR count). The highest BCUT2D eigenvalue weighted by Crippen LogP contribution is 2.31. The van der Waals surface area contributed by atoms with Crippen molar-refractivity contribution in [2.24, 2.45) is 0 Å². The SMILES string of the molecule is CC(NC(=O)COc1cccc(Cl)c1Cl)c1ccc(CCC(F)(F)F)cn1. The van der Waals surface area contributed by atoms with Crippen molar-refractivity contribution in [1.29, 1.82) is 0 Å². The molecule has 1 heterocycles.